The van der Waals surface area contributed by atoms with Gasteiger partial charge in [-0.05, 0) is 0 Å². The van der Waals surface area contributed by atoms with Crippen molar-refractivity contribution in [2.45, 2.75) is 103 Å². The molecule has 0 spiro atoms. The van der Waals surface area contributed by atoms with E-state index in [0.717, 1.165) is 12.1 Å². The molecule has 2 nitrogen and oxygen atoms in total. The van der Waals surface area contributed by atoms with Gasteiger partial charge in [-0.3, -0.25) is 0 Å². The number of hydrogen-bond donors (Lipinski definition) is 0. The molecular formula is C18H37IN2Nd. The summed E-state index contributed by atoms with van der Waals surface area (Å²) >= 11 is -0.787. The molecule has 22 heavy (non-hydrogen) atoms. The van der Waals surface area contributed by atoms with E-state index in [1.807, 2.05) is 0 Å². The van der Waals surface area contributed by atoms with Crippen LogP contribution in [0.4, 0.5) is 0 Å². The van der Waals surface area contributed by atoms with Crippen molar-refractivity contribution in [3.05, 3.63) is 0 Å². The fraction of sp³-hybridized carbons (Fsp3) is 1.00. The van der Waals surface area contributed by atoms with Crippen LogP contribution in [0.15, 0.2) is 0 Å². The third kappa shape index (κ3) is 7.49. The second-order valence-electron chi connectivity index (χ2n) is 7.07. The Hall–Kier alpha value is 2.00. The Labute approximate surface area is 177 Å². The molecule has 2 fully saturated rings. The quantitative estimate of drug-likeness (QED) is 0.362. The molecule has 2 aliphatic rings. The average molecular weight is 553 g/mol. The van der Waals surface area contributed by atoms with E-state index < -0.39 is 37.5 Å². The Kier molecular flexibility index (Phi) is 13.3. The van der Waals surface area contributed by atoms with Crippen LogP contribution < -0.4 is 0 Å². The van der Waals surface area contributed by atoms with Gasteiger partial charge < -0.3 is 0 Å². The number of rotatable bonds is 8. The zero-order valence-electron chi connectivity index (χ0n) is 14.9. The molecule has 0 bridgehead atoms. The second-order valence-corrected chi connectivity index (χ2v) is 11.4. The number of nitrogens with zero attached hydrogens (tertiary/aromatic N) is 2. The molecule has 0 aliphatic heterocycles. The molecule has 130 valence electrons. The first kappa shape index (κ1) is 22.0. The zero-order chi connectivity index (χ0) is 14.9. The van der Waals surface area contributed by atoms with E-state index >= 15 is 0 Å². The summed E-state index contributed by atoms with van der Waals surface area (Å²) in [6.45, 7) is 7.54. The summed E-state index contributed by atoms with van der Waals surface area (Å²) in [5.41, 5.74) is 0. The number of halogens is 1. The summed E-state index contributed by atoms with van der Waals surface area (Å²) in [5.74, 6) is 0. The fourth-order valence-corrected chi connectivity index (χ4v) is 9.90. The SMILES string of the molecule is CCC[N]([Nd][N](CCC)C1CCCCC1)C1CCCCC1.I. The van der Waals surface area contributed by atoms with E-state index in [-0.39, 0.29) is 24.0 Å². The molecule has 2 rings (SSSR count). The predicted octanol–water partition coefficient (Wildman–Crippen LogP) is 5.61. The van der Waals surface area contributed by atoms with Gasteiger partial charge in [0.1, 0.15) is 0 Å². The maximum Gasteiger partial charge on any atom is -0.107 e. The maximum absolute atomic E-state index is 3.03. The largest absolute Gasteiger partial charge is 0.107 e. The summed E-state index contributed by atoms with van der Waals surface area (Å²) in [5, 5.41) is 0. The minimum Gasteiger partial charge on any atom is -0.107 e. The van der Waals surface area contributed by atoms with Crippen molar-refractivity contribution in [3.63, 3.8) is 0 Å². The van der Waals surface area contributed by atoms with Crippen LogP contribution in [-0.2, 0) is 0 Å². The van der Waals surface area contributed by atoms with Crippen LogP contribution in [0.25, 0.3) is 0 Å². The van der Waals surface area contributed by atoms with Gasteiger partial charge in [0.05, 0.1) is 0 Å². The minimum atomic E-state index is -0.787. The Balaban J connectivity index is 0.00000242. The summed E-state index contributed by atoms with van der Waals surface area (Å²) in [4.78, 5) is 0. The summed E-state index contributed by atoms with van der Waals surface area (Å²) in [6, 6.07) is 1.93. The summed E-state index contributed by atoms with van der Waals surface area (Å²) in [6.07, 6.45) is 17.7. The van der Waals surface area contributed by atoms with Gasteiger partial charge in [0.2, 0.25) is 0 Å². The van der Waals surface area contributed by atoms with Crippen LogP contribution >= 0.6 is 24.0 Å². The van der Waals surface area contributed by atoms with Crippen LogP contribution in [0.5, 0.6) is 0 Å². The van der Waals surface area contributed by atoms with Crippen molar-refractivity contribution in [1.82, 2.24) is 1.97 Å². The van der Waals surface area contributed by atoms with Gasteiger partial charge in [-0.15, -0.1) is 24.0 Å². The van der Waals surface area contributed by atoms with Crippen molar-refractivity contribution >= 4 is 24.0 Å². The molecular weight excluding hydrogens is 515 g/mol. The first-order chi connectivity index (χ1) is 10.3. The molecule has 2 saturated carbocycles. The molecule has 0 N–H and O–H groups in total. The Morgan fingerprint density at radius 1 is 0.682 bits per heavy atom. The van der Waals surface area contributed by atoms with Gasteiger partial charge in [0.15, 0.2) is 0 Å². The third-order valence-corrected chi connectivity index (χ3v) is 10.6. The van der Waals surface area contributed by atoms with E-state index in [1.54, 1.807) is 0 Å². The third-order valence-electron chi connectivity index (χ3n) is 5.22. The van der Waals surface area contributed by atoms with Gasteiger partial charge in [0.25, 0.3) is 0 Å². The van der Waals surface area contributed by atoms with Gasteiger partial charge in [-0.25, -0.2) is 0 Å². The van der Waals surface area contributed by atoms with Gasteiger partial charge in [0, 0.05) is 0 Å². The van der Waals surface area contributed by atoms with Crippen molar-refractivity contribution in [2.75, 3.05) is 13.1 Å². The van der Waals surface area contributed by atoms with E-state index in [4.69, 9.17) is 0 Å². The first-order valence-corrected chi connectivity index (χ1v) is 12.5. The van der Waals surface area contributed by atoms with Crippen LogP contribution in [0, 0.1) is 37.5 Å². The molecule has 0 aromatic carbocycles. The van der Waals surface area contributed by atoms with E-state index in [1.165, 1.54) is 90.1 Å². The Morgan fingerprint density at radius 3 is 1.36 bits per heavy atom. The molecule has 0 atom stereocenters. The van der Waals surface area contributed by atoms with Gasteiger partial charge >= 0.3 is 156 Å². The van der Waals surface area contributed by atoms with Crippen LogP contribution in [0.1, 0.15) is 90.9 Å². The van der Waals surface area contributed by atoms with Gasteiger partial charge in [-0.1, -0.05) is 0 Å². The van der Waals surface area contributed by atoms with E-state index in [0.29, 0.717) is 0 Å². The molecule has 4 heteroatoms. The number of hydrogen-bond acceptors (Lipinski definition) is 2. The molecule has 0 aromatic heterocycles. The average Bonchev–Trinajstić information content (AvgIpc) is 2.55. The van der Waals surface area contributed by atoms with Crippen molar-refractivity contribution in [3.8, 4) is 0 Å². The topological polar surface area (TPSA) is 6.48 Å². The van der Waals surface area contributed by atoms with Gasteiger partial charge in [-0.2, -0.15) is 0 Å². The molecule has 0 saturated heterocycles. The monoisotopic (exact) mass is 550 g/mol. The van der Waals surface area contributed by atoms with Crippen molar-refractivity contribution < 1.29 is 37.5 Å². The predicted molar refractivity (Wildman–Crippen MR) is 103 cm³/mol. The molecule has 0 radical (unpaired) electrons. The van der Waals surface area contributed by atoms with Crippen molar-refractivity contribution in [2.24, 2.45) is 0 Å². The zero-order valence-corrected chi connectivity index (χ0v) is 20.4. The molecule has 0 aromatic rings. The Bertz CT molecular complexity index is 240. The van der Waals surface area contributed by atoms with E-state index in [9.17, 15) is 0 Å². The molecule has 2 aliphatic carbocycles. The standard InChI is InChI=1S/2C9H18N.HI.Nd/c2*1-2-8-10-9-6-4-3-5-7-9;;/h2*9H,2-8H2,1H3;1H;/q2*-1;;+2. The maximum atomic E-state index is 3.03. The molecule has 0 unspecified atom stereocenters. The molecule has 0 heterocycles. The smallest absolute Gasteiger partial charge is 0.107 e. The van der Waals surface area contributed by atoms with Crippen molar-refractivity contribution in [1.29, 1.82) is 0 Å². The first-order valence-electron chi connectivity index (χ1n) is 9.64. The normalized spacial score (nSPS) is 21.1. The van der Waals surface area contributed by atoms with E-state index in [2.05, 4.69) is 15.8 Å². The van der Waals surface area contributed by atoms with Crippen LogP contribution in [0.2, 0.25) is 0 Å². The second kappa shape index (κ2) is 13.2. The fourth-order valence-electron chi connectivity index (χ4n) is 4.06. The Morgan fingerprint density at radius 2 is 1.05 bits per heavy atom. The summed E-state index contributed by atoms with van der Waals surface area (Å²) in [7, 11) is 0. The minimum absolute atomic E-state index is 0. The van der Waals surface area contributed by atoms with Crippen LogP contribution in [-0.4, -0.2) is 27.1 Å². The molecule has 0 amide bonds. The van der Waals surface area contributed by atoms with Crippen LogP contribution in [0.3, 0.4) is 0 Å². The summed E-state index contributed by atoms with van der Waals surface area (Å²) < 4.78 is 6.06.